The van der Waals surface area contributed by atoms with Crippen LogP contribution in [0.15, 0.2) is 53.0 Å². The Morgan fingerprint density at radius 1 is 0.944 bits per heavy atom. The number of aryl methyl sites for hydroxylation is 1. The van der Waals surface area contributed by atoms with Gasteiger partial charge in [-0.2, -0.15) is 0 Å². The van der Waals surface area contributed by atoms with Gasteiger partial charge in [-0.05, 0) is 35.6 Å². The first kappa shape index (κ1) is 13.4. The summed E-state index contributed by atoms with van der Waals surface area (Å²) in [5, 5.41) is 0. The summed E-state index contributed by atoms with van der Waals surface area (Å²) in [5.74, 6) is 0. The summed E-state index contributed by atoms with van der Waals surface area (Å²) in [7, 11) is 0. The summed E-state index contributed by atoms with van der Waals surface area (Å²) in [5.41, 5.74) is 3.97. The van der Waals surface area contributed by atoms with Gasteiger partial charge in [0.25, 0.3) is 0 Å². The highest BCUT2D eigenvalue weighted by molar-refractivity contribution is 9.10. The van der Waals surface area contributed by atoms with E-state index in [0.29, 0.717) is 0 Å². The Kier molecular flexibility index (Phi) is 5.00. The van der Waals surface area contributed by atoms with E-state index in [9.17, 15) is 0 Å². The molecule has 0 spiro atoms. The van der Waals surface area contributed by atoms with Gasteiger partial charge >= 0.3 is 0 Å². The third-order valence-corrected chi connectivity index (χ3v) is 3.84. The van der Waals surface area contributed by atoms with E-state index >= 15 is 0 Å². The monoisotopic (exact) mass is 302 g/mol. The first-order chi connectivity index (χ1) is 8.81. The van der Waals surface area contributed by atoms with Crippen LogP contribution in [0.5, 0.6) is 0 Å². The van der Waals surface area contributed by atoms with Crippen molar-refractivity contribution in [3.63, 3.8) is 0 Å². The summed E-state index contributed by atoms with van der Waals surface area (Å²) < 4.78 is 1.20. The first-order valence-corrected chi connectivity index (χ1v) is 7.44. The molecule has 2 aromatic carbocycles. The molecule has 0 saturated heterocycles. The summed E-state index contributed by atoms with van der Waals surface area (Å²) in [6.07, 6.45) is 5.07. The third-order valence-electron chi connectivity index (χ3n) is 3.19. The van der Waals surface area contributed by atoms with Crippen molar-refractivity contribution < 1.29 is 0 Å². The van der Waals surface area contributed by atoms with Gasteiger partial charge in [0.2, 0.25) is 0 Å². The van der Waals surface area contributed by atoms with Crippen molar-refractivity contribution in [1.82, 2.24) is 0 Å². The number of hydrogen-bond donors (Lipinski definition) is 0. The third kappa shape index (κ3) is 3.46. The van der Waals surface area contributed by atoms with Crippen LogP contribution in [0, 0.1) is 0 Å². The van der Waals surface area contributed by atoms with Crippen LogP contribution < -0.4 is 0 Å². The van der Waals surface area contributed by atoms with Gasteiger partial charge in [-0.3, -0.25) is 0 Å². The van der Waals surface area contributed by atoms with Gasteiger partial charge in [0, 0.05) is 4.47 Å². The molecule has 18 heavy (non-hydrogen) atoms. The van der Waals surface area contributed by atoms with Gasteiger partial charge in [0.1, 0.15) is 0 Å². The van der Waals surface area contributed by atoms with Crippen LogP contribution in [0.4, 0.5) is 0 Å². The minimum Gasteiger partial charge on any atom is -0.0654 e. The average Bonchev–Trinajstić information content (AvgIpc) is 2.40. The molecule has 0 aliphatic carbocycles. The van der Waals surface area contributed by atoms with Crippen molar-refractivity contribution in [2.75, 3.05) is 0 Å². The maximum atomic E-state index is 3.69. The first-order valence-electron chi connectivity index (χ1n) is 6.65. The van der Waals surface area contributed by atoms with E-state index in [2.05, 4.69) is 71.4 Å². The second kappa shape index (κ2) is 6.75. The van der Waals surface area contributed by atoms with Gasteiger partial charge in [-0.1, -0.05) is 78.2 Å². The molecular weight excluding hydrogens is 284 g/mol. The van der Waals surface area contributed by atoms with Gasteiger partial charge in [-0.25, -0.2) is 0 Å². The topological polar surface area (TPSA) is 0 Å². The highest BCUT2D eigenvalue weighted by Gasteiger charge is 2.03. The van der Waals surface area contributed by atoms with Crippen LogP contribution in [-0.2, 0) is 6.42 Å². The highest BCUT2D eigenvalue weighted by atomic mass is 79.9. The molecule has 0 heterocycles. The highest BCUT2D eigenvalue weighted by Crippen LogP contribution is 2.29. The molecular formula is C17H19Br. The zero-order valence-corrected chi connectivity index (χ0v) is 12.4. The average molecular weight is 303 g/mol. The Morgan fingerprint density at radius 2 is 1.72 bits per heavy atom. The number of halogens is 1. The van der Waals surface area contributed by atoms with E-state index in [1.807, 2.05) is 0 Å². The van der Waals surface area contributed by atoms with E-state index in [1.54, 1.807) is 0 Å². The van der Waals surface area contributed by atoms with E-state index < -0.39 is 0 Å². The van der Waals surface area contributed by atoms with Gasteiger partial charge in [-0.15, -0.1) is 0 Å². The Balaban J connectivity index is 2.15. The molecule has 0 aromatic heterocycles. The maximum Gasteiger partial charge on any atom is 0.0256 e. The Labute approximate surface area is 118 Å². The van der Waals surface area contributed by atoms with Crippen molar-refractivity contribution in [1.29, 1.82) is 0 Å². The number of hydrogen-bond acceptors (Lipinski definition) is 0. The van der Waals surface area contributed by atoms with Crippen LogP contribution in [0.2, 0.25) is 0 Å². The minimum atomic E-state index is 1.18. The molecule has 0 saturated carbocycles. The smallest absolute Gasteiger partial charge is 0.0256 e. The molecule has 0 aliphatic rings. The molecule has 0 N–H and O–H groups in total. The van der Waals surface area contributed by atoms with Gasteiger partial charge in [0.05, 0.1) is 0 Å². The molecule has 0 unspecified atom stereocenters. The van der Waals surface area contributed by atoms with Crippen molar-refractivity contribution in [3.05, 3.63) is 58.6 Å². The SMILES string of the molecule is CCCCCc1ccc(-c2ccccc2)c(Br)c1. The fourth-order valence-electron chi connectivity index (χ4n) is 2.15. The lowest BCUT2D eigenvalue weighted by Crippen LogP contribution is -1.87. The Bertz CT molecular complexity index is 488. The molecule has 0 atom stereocenters. The molecule has 0 amide bonds. The molecule has 0 fully saturated rings. The summed E-state index contributed by atoms with van der Waals surface area (Å²) in [6, 6.07) is 17.2. The summed E-state index contributed by atoms with van der Waals surface area (Å²) in [4.78, 5) is 0. The number of unbranched alkanes of at least 4 members (excludes halogenated alkanes) is 2. The van der Waals surface area contributed by atoms with Crippen LogP contribution >= 0.6 is 15.9 Å². The van der Waals surface area contributed by atoms with E-state index in [-0.39, 0.29) is 0 Å². The second-order valence-electron chi connectivity index (χ2n) is 4.64. The zero-order chi connectivity index (χ0) is 12.8. The van der Waals surface area contributed by atoms with E-state index in [0.717, 1.165) is 0 Å². The normalized spacial score (nSPS) is 10.6. The predicted molar refractivity (Wildman–Crippen MR) is 82.8 cm³/mol. The number of rotatable bonds is 5. The molecule has 0 bridgehead atoms. The lowest BCUT2D eigenvalue weighted by molar-refractivity contribution is 0.717. The van der Waals surface area contributed by atoms with Gasteiger partial charge < -0.3 is 0 Å². The number of benzene rings is 2. The van der Waals surface area contributed by atoms with Crippen molar-refractivity contribution >= 4 is 15.9 Å². The molecule has 1 heteroatoms. The van der Waals surface area contributed by atoms with Crippen molar-refractivity contribution in [3.8, 4) is 11.1 Å². The van der Waals surface area contributed by atoms with E-state index in [4.69, 9.17) is 0 Å². The quantitative estimate of drug-likeness (QED) is 0.608. The predicted octanol–water partition coefficient (Wildman–Crippen LogP) is 5.85. The maximum absolute atomic E-state index is 3.69. The fraction of sp³-hybridized carbons (Fsp3) is 0.294. The van der Waals surface area contributed by atoms with Crippen LogP contribution in [0.3, 0.4) is 0 Å². The summed E-state index contributed by atoms with van der Waals surface area (Å²) in [6.45, 7) is 2.24. The molecule has 0 radical (unpaired) electrons. The second-order valence-corrected chi connectivity index (χ2v) is 5.49. The largest absolute Gasteiger partial charge is 0.0654 e. The minimum absolute atomic E-state index is 1.18. The molecule has 2 rings (SSSR count). The van der Waals surface area contributed by atoms with Gasteiger partial charge in [0.15, 0.2) is 0 Å². The standard InChI is InChI=1S/C17H19Br/c1-2-3-5-8-14-11-12-16(17(18)13-14)15-9-6-4-7-10-15/h4,6-7,9-13H,2-3,5,8H2,1H3. The molecule has 0 nitrogen and oxygen atoms in total. The molecule has 94 valence electrons. The lowest BCUT2D eigenvalue weighted by atomic mass is 10.0. The molecule has 0 aliphatic heterocycles. The zero-order valence-electron chi connectivity index (χ0n) is 10.8. The summed E-state index contributed by atoms with van der Waals surface area (Å²) >= 11 is 3.69. The van der Waals surface area contributed by atoms with Crippen molar-refractivity contribution in [2.45, 2.75) is 32.6 Å². The van der Waals surface area contributed by atoms with Crippen LogP contribution in [0.1, 0.15) is 31.7 Å². The van der Waals surface area contributed by atoms with Crippen molar-refractivity contribution in [2.24, 2.45) is 0 Å². The molecule has 2 aromatic rings. The lowest BCUT2D eigenvalue weighted by Gasteiger charge is -2.07. The van der Waals surface area contributed by atoms with Crippen LogP contribution in [0.25, 0.3) is 11.1 Å². The van der Waals surface area contributed by atoms with E-state index in [1.165, 1.54) is 46.8 Å². The Hall–Kier alpha value is -1.08. The fourth-order valence-corrected chi connectivity index (χ4v) is 2.80. The Morgan fingerprint density at radius 3 is 2.39 bits per heavy atom. The van der Waals surface area contributed by atoms with Crippen LogP contribution in [-0.4, -0.2) is 0 Å².